The third-order valence-electron chi connectivity index (χ3n) is 2.02. The van der Waals surface area contributed by atoms with Crippen LogP contribution in [0.3, 0.4) is 0 Å². The van der Waals surface area contributed by atoms with Gasteiger partial charge in [-0.15, -0.1) is 0 Å². The van der Waals surface area contributed by atoms with Crippen molar-refractivity contribution in [3.05, 3.63) is 39.3 Å². The Labute approximate surface area is 95.0 Å². The molecule has 0 N–H and O–H groups in total. The zero-order valence-corrected chi connectivity index (χ0v) is 10.3. The number of halogens is 2. The number of hydrogen-bond acceptors (Lipinski definition) is 0. The maximum absolute atomic E-state index is 3.55. The number of rotatable bonds is 0. The number of fused-ring (bicyclic) bond motifs is 1. The summed E-state index contributed by atoms with van der Waals surface area (Å²) in [6.07, 6.45) is 0. The van der Waals surface area contributed by atoms with Crippen molar-refractivity contribution in [1.82, 2.24) is 0 Å². The van der Waals surface area contributed by atoms with Crippen LogP contribution in [0.4, 0.5) is 0 Å². The molecule has 0 atom stereocenters. The quantitative estimate of drug-likeness (QED) is 0.656. The van der Waals surface area contributed by atoms with Gasteiger partial charge in [-0.05, 0) is 22.9 Å². The fraction of sp³-hybridized carbons (Fsp3) is 0. The van der Waals surface area contributed by atoms with E-state index in [0.29, 0.717) is 0 Å². The second kappa shape index (κ2) is 3.47. The van der Waals surface area contributed by atoms with Gasteiger partial charge >= 0.3 is 0 Å². The molecule has 0 bridgehead atoms. The maximum Gasteiger partial charge on any atom is 0.139 e. The summed E-state index contributed by atoms with van der Waals surface area (Å²) in [5, 5.41) is 2.52. The van der Waals surface area contributed by atoms with Gasteiger partial charge in [-0.3, -0.25) is 0 Å². The van der Waals surface area contributed by atoms with Gasteiger partial charge in [-0.25, -0.2) is 0 Å². The molecule has 2 aromatic carbocycles. The van der Waals surface area contributed by atoms with E-state index < -0.39 is 0 Å². The first-order chi connectivity index (χ1) is 6.16. The second-order valence-corrected chi connectivity index (χ2v) is 4.88. The molecule has 0 unspecified atom stereocenters. The predicted octanol–water partition coefficient (Wildman–Crippen LogP) is 2.62. The molecule has 0 amide bonds. The Balaban J connectivity index is 2.87. The Morgan fingerprint density at radius 2 is 1.77 bits per heavy atom. The summed E-state index contributed by atoms with van der Waals surface area (Å²) in [7, 11) is 2.11. The van der Waals surface area contributed by atoms with Crippen LogP contribution in [0.25, 0.3) is 10.8 Å². The first kappa shape index (κ1) is 9.29. The number of hydrogen-bond donors (Lipinski definition) is 0. The second-order valence-electron chi connectivity index (χ2n) is 3.11. The van der Waals surface area contributed by atoms with Gasteiger partial charge in [0.1, 0.15) is 7.85 Å². The van der Waals surface area contributed by atoms with Crippen LogP contribution >= 0.6 is 31.9 Å². The minimum atomic E-state index is 1.11. The molecular weight excluding hydrogens is 291 g/mol. The van der Waals surface area contributed by atoms with Gasteiger partial charge in [0.15, 0.2) is 0 Å². The van der Waals surface area contributed by atoms with E-state index in [0.717, 1.165) is 8.95 Å². The van der Waals surface area contributed by atoms with E-state index in [1.54, 1.807) is 0 Å². The molecule has 13 heavy (non-hydrogen) atoms. The molecule has 0 aliphatic heterocycles. The van der Waals surface area contributed by atoms with Crippen molar-refractivity contribution < 1.29 is 0 Å². The molecule has 0 aromatic heterocycles. The maximum atomic E-state index is 3.55. The van der Waals surface area contributed by atoms with Gasteiger partial charge in [0, 0.05) is 8.95 Å². The third-order valence-corrected chi connectivity index (χ3v) is 3.14. The Hall–Kier alpha value is -0.275. The molecule has 3 heteroatoms. The molecule has 2 rings (SSSR count). The van der Waals surface area contributed by atoms with Crippen LogP contribution < -0.4 is 5.46 Å². The topological polar surface area (TPSA) is 0 Å². The third kappa shape index (κ3) is 1.81. The molecular formula is C10H7BBr2. The molecule has 0 heterocycles. The molecule has 2 aromatic rings. The van der Waals surface area contributed by atoms with Crippen molar-refractivity contribution in [2.24, 2.45) is 0 Å². The molecule has 0 fully saturated rings. The van der Waals surface area contributed by atoms with E-state index in [4.69, 9.17) is 0 Å². The van der Waals surface area contributed by atoms with E-state index >= 15 is 0 Å². The van der Waals surface area contributed by atoms with E-state index in [9.17, 15) is 0 Å². The van der Waals surface area contributed by atoms with Crippen LogP contribution in [-0.4, -0.2) is 7.85 Å². The fourth-order valence-corrected chi connectivity index (χ4v) is 2.76. The molecule has 0 aliphatic carbocycles. The monoisotopic (exact) mass is 296 g/mol. The van der Waals surface area contributed by atoms with Gasteiger partial charge in [0.05, 0.1) is 0 Å². The molecule has 0 radical (unpaired) electrons. The smallest absolute Gasteiger partial charge is 0.0883 e. The van der Waals surface area contributed by atoms with Crippen molar-refractivity contribution in [3.8, 4) is 0 Å². The minimum Gasteiger partial charge on any atom is -0.0883 e. The Morgan fingerprint density at radius 3 is 2.54 bits per heavy atom. The first-order valence-corrected chi connectivity index (χ1v) is 5.61. The predicted molar refractivity (Wildman–Crippen MR) is 67.5 cm³/mol. The summed E-state index contributed by atoms with van der Waals surface area (Å²) in [6, 6.07) is 10.6. The van der Waals surface area contributed by atoms with Crippen molar-refractivity contribution >= 4 is 55.9 Å². The van der Waals surface area contributed by atoms with E-state index in [1.165, 1.54) is 16.2 Å². The summed E-state index contributed by atoms with van der Waals surface area (Å²) in [5.41, 5.74) is 1.29. The van der Waals surface area contributed by atoms with Crippen LogP contribution in [0.5, 0.6) is 0 Å². The SMILES string of the molecule is Bc1ccc2cc(Br)cc(Br)c2c1. The lowest BCUT2D eigenvalue weighted by atomic mass is 9.94. The van der Waals surface area contributed by atoms with Gasteiger partial charge in [0.25, 0.3) is 0 Å². The molecule has 0 saturated carbocycles. The lowest BCUT2D eigenvalue weighted by Gasteiger charge is -2.03. The summed E-state index contributed by atoms with van der Waals surface area (Å²) in [6.45, 7) is 0. The fourth-order valence-electron chi connectivity index (χ4n) is 1.39. The lowest BCUT2D eigenvalue weighted by molar-refractivity contribution is 1.68. The highest BCUT2D eigenvalue weighted by molar-refractivity contribution is 9.11. The Morgan fingerprint density at radius 1 is 1.00 bits per heavy atom. The van der Waals surface area contributed by atoms with Gasteiger partial charge < -0.3 is 0 Å². The van der Waals surface area contributed by atoms with E-state index in [2.05, 4.69) is 70.0 Å². The highest BCUT2D eigenvalue weighted by Crippen LogP contribution is 2.27. The highest BCUT2D eigenvalue weighted by atomic mass is 79.9. The van der Waals surface area contributed by atoms with E-state index in [-0.39, 0.29) is 0 Å². The molecule has 0 saturated heterocycles. The average molecular weight is 298 g/mol. The van der Waals surface area contributed by atoms with Crippen molar-refractivity contribution in [2.45, 2.75) is 0 Å². The minimum absolute atomic E-state index is 1.11. The van der Waals surface area contributed by atoms with Crippen LogP contribution in [-0.2, 0) is 0 Å². The molecule has 64 valence electrons. The zero-order chi connectivity index (χ0) is 9.42. The average Bonchev–Trinajstić information content (AvgIpc) is 2.06. The summed E-state index contributed by atoms with van der Waals surface area (Å²) in [4.78, 5) is 0. The van der Waals surface area contributed by atoms with Gasteiger partial charge in [0.2, 0.25) is 0 Å². The molecule has 0 spiro atoms. The zero-order valence-electron chi connectivity index (χ0n) is 7.14. The Bertz CT molecular complexity index is 466. The largest absolute Gasteiger partial charge is 0.139 e. The Kier molecular flexibility index (Phi) is 2.48. The molecule has 0 nitrogen and oxygen atoms in total. The van der Waals surface area contributed by atoms with Crippen LogP contribution in [0.1, 0.15) is 0 Å². The summed E-state index contributed by atoms with van der Waals surface area (Å²) >= 11 is 7.02. The summed E-state index contributed by atoms with van der Waals surface area (Å²) in [5.74, 6) is 0. The van der Waals surface area contributed by atoms with Crippen LogP contribution in [0, 0.1) is 0 Å². The van der Waals surface area contributed by atoms with Gasteiger partial charge in [-0.2, -0.15) is 0 Å². The molecule has 0 aliphatic rings. The van der Waals surface area contributed by atoms with E-state index in [1.807, 2.05) is 0 Å². The van der Waals surface area contributed by atoms with Crippen molar-refractivity contribution in [3.63, 3.8) is 0 Å². The van der Waals surface area contributed by atoms with Gasteiger partial charge in [-0.1, -0.05) is 55.5 Å². The summed E-state index contributed by atoms with van der Waals surface area (Å²) < 4.78 is 2.25. The normalized spacial score (nSPS) is 10.6. The van der Waals surface area contributed by atoms with Crippen molar-refractivity contribution in [1.29, 1.82) is 0 Å². The standard InChI is InChI=1S/C10H7BBr2/c11-7-2-1-6-3-8(12)5-10(13)9(6)4-7/h1-5H,11H2. The van der Waals surface area contributed by atoms with Crippen molar-refractivity contribution in [2.75, 3.05) is 0 Å². The lowest BCUT2D eigenvalue weighted by Crippen LogP contribution is -1.99. The highest BCUT2D eigenvalue weighted by Gasteiger charge is 2.00. The van der Waals surface area contributed by atoms with Crippen LogP contribution in [0.2, 0.25) is 0 Å². The van der Waals surface area contributed by atoms with Crippen LogP contribution in [0.15, 0.2) is 39.3 Å². The first-order valence-electron chi connectivity index (χ1n) is 4.02. The number of benzene rings is 2.